The molecule has 1 aromatic heterocycles. The SMILES string of the molecule is CS(=O)(=O)Nc1cccc(C(=O)OCc2nc3ccccc3c(=O)n2CC(N)=O)c1. The van der Waals surface area contributed by atoms with Crippen LogP contribution in [0.15, 0.2) is 53.3 Å². The number of primary amides is 1. The molecular weight excluding hydrogens is 412 g/mol. The number of nitrogens with two attached hydrogens (primary N) is 1. The Balaban J connectivity index is 1.88. The summed E-state index contributed by atoms with van der Waals surface area (Å²) in [7, 11) is -3.51. The molecule has 0 aliphatic heterocycles. The lowest BCUT2D eigenvalue weighted by Gasteiger charge is -2.13. The third kappa shape index (κ3) is 5.00. The van der Waals surface area contributed by atoms with Gasteiger partial charge in [-0.1, -0.05) is 18.2 Å². The number of fused-ring (bicyclic) bond motifs is 1. The average molecular weight is 430 g/mol. The van der Waals surface area contributed by atoms with Gasteiger partial charge >= 0.3 is 5.97 Å². The van der Waals surface area contributed by atoms with Crippen molar-refractivity contribution in [1.82, 2.24) is 9.55 Å². The van der Waals surface area contributed by atoms with Gasteiger partial charge in [-0.25, -0.2) is 18.2 Å². The second-order valence-corrected chi connectivity index (χ2v) is 8.18. The summed E-state index contributed by atoms with van der Waals surface area (Å²) in [6, 6.07) is 12.3. The second kappa shape index (κ2) is 8.33. The molecule has 30 heavy (non-hydrogen) atoms. The van der Waals surface area contributed by atoms with Gasteiger partial charge in [-0.2, -0.15) is 0 Å². The number of esters is 1. The number of hydrogen-bond donors (Lipinski definition) is 2. The number of carbonyl (C=O) groups excluding carboxylic acids is 2. The van der Waals surface area contributed by atoms with Gasteiger partial charge in [0.15, 0.2) is 5.82 Å². The number of nitrogens with zero attached hydrogens (tertiary/aromatic N) is 2. The highest BCUT2D eigenvalue weighted by atomic mass is 32.2. The number of amides is 1. The van der Waals surface area contributed by atoms with Crippen LogP contribution >= 0.6 is 0 Å². The van der Waals surface area contributed by atoms with Crippen LogP contribution in [0.25, 0.3) is 10.9 Å². The van der Waals surface area contributed by atoms with Crippen LogP contribution in [0.4, 0.5) is 5.69 Å². The zero-order chi connectivity index (χ0) is 21.9. The Kier molecular flexibility index (Phi) is 5.83. The van der Waals surface area contributed by atoms with Crippen molar-refractivity contribution in [3.05, 3.63) is 70.3 Å². The Hall–Kier alpha value is -3.73. The van der Waals surface area contributed by atoms with Crippen LogP contribution in [0.3, 0.4) is 0 Å². The number of para-hydroxylation sites is 1. The summed E-state index contributed by atoms with van der Waals surface area (Å²) in [6.45, 7) is -0.812. The molecule has 0 radical (unpaired) electrons. The molecule has 0 saturated carbocycles. The van der Waals surface area contributed by atoms with Gasteiger partial charge in [0.1, 0.15) is 13.2 Å². The van der Waals surface area contributed by atoms with Gasteiger partial charge in [0.2, 0.25) is 15.9 Å². The molecular formula is C19H18N4O6S. The molecule has 3 aromatic rings. The normalized spacial score (nSPS) is 11.2. The van der Waals surface area contributed by atoms with Crippen LogP contribution in [0.2, 0.25) is 0 Å². The fourth-order valence-corrected chi connectivity index (χ4v) is 3.34. The van der Waals surface area contributed by atoms with E-state index in [1.54, 1.807) is 24.3 Å². The Bertz CT molecular complexity index is 1300. The second-order valence-electron chi connectivity index (χ2n) is 6.43. The quantitative estimate of drug-likeness (QED) is 0.521. The van der Waals surface area contributed by atoms with Crippen LogP contribution in [-0.2, 0) is 32.7 Å². The van der Waals surface area contributed by atoms with Gasteiger partial charge in [-0.15, -0.1) is 0 Å². The molecule has 1 heterocycles. The molecule has 0 bridgehead atoms. The first-order valence-corrected chi connectivity index (χ1v) is 10.5. The van der Waals surface area contributed by atoms with Crippen molar-refractivity contribution in [1.29, 1.82) is 0 Å². The fourth-order valence-electron chi connectivity index (χ4n) is 2.78. The number of carbonyl (C=O) groups is 2. The number of aromatic nitrogens is 2. The molecule has 11 heteroatoms. The maximum Gasteiger partial charge on any atom is 0.338 e. The van der Waals surface area contributed by atoms with E-state index in [4.69, 9.17) is 10.5 Å². The van der Waals surface area contributed by atoms with Crippen molar-refractivity contribution in [2.45, 2.75) is 13.2 Å². The highest BCUT2D eigenvalue weighted by molar-refractivity contribution is 7.92. The number of hydrogen-bond acceptors (Lipinski definition) is 7. The first kappa shape index (κ1) is 21.0. The predicted molar refractivity (Wildman–Crippen MR) is 109 cm³/mol. The van der Waals surface area contributed by atoms with Gasteiger partial charge in [-0.05, 0) is 30.3 Å². The van der Waals surface area contributed by atoms with Crippen molar-refractivity contribution in [3.8, 4) is 0 Å². The summed E-state index contributed by atoms with van der Waals surface area (Å²) >= 11 is 0. The molecule has 3 rings (SSSR count). The molecule has 10 nitrogen and oxygen atoms in total. The predicted octanol–water partition coefficient (Wildman–Crippen LogP) is 0.610. The minimum atomic E-state index is -3.51. The van der Waals surface area contributed by atoms with E-state index in [0.29, 0.717) is 10.9 Å². The molecule has 0 aliphatic rings. The van der Waals surface area contributed by atoms with Gasteiger partial charge < -0.3 is 10.5 Å². The van der Waals surface area contributed by atoms with E-state index in [9.17, 15) is 22.8 Å². The molecule has 0 unspecified atom stereocenters. The number of nitrogens with one attached hydrogen (secondary N) is 1. The summed E-state index contributed by atoms with van der Waals surface area (Å²) in [5.41, 5.74) is 5.42. The fraction of sp³-hybridized carbons (Fsp3) is 0.158. The standard InChI is InChI=1S/C19H18N4O6S/c1-30(27,28)22-13-6-4-5-12(9-13)19(26)29-11-17-21-15-8-3-2-7-14(15)18(25)23(17)10-16(20)24/h2-9,22H,10-11H2,1H3,(H2,20,24). The third-order valence-corrected chi connectivity index (χ3v) is 4.60. The molecule has 0 aliphatic carbocycles. The molecule has 156 valence electrons. The summed E-state index contributed by atoms with van der Waals surface area (Å²) in [4.78, 5) is 40.8. The van der Waals surface area contributed by atoms with E-state index >= 15 is 0 Å². The minimum Gasteiger partial charge on any atom is -0.454 e. The van der Waals surface area contributed by atoms with Crippen LogP contribution < -0.4 is 16.0 Å². The largest absolute Gasteiger partial charge is 0.454 e. The molecule has 0 saturated heterocycles. The zero-order valence-corrected chi connectivity index (χ0v) is 16.7. The van der Waals surface area contributed by atoms with Crippen LogP contribution in [0.5, 0.6) is 0 Å². The Labute approximate surface area is 171 Å². The van der Waals surface area contributed by atoms with Gasteiger partial charge in [0.25, 0.3) is 5.56 Å². The summed E-state index contributed by atoms with van der Waals surface area (Å²) in [6.07, 6.45) is 0.987. The molecule has 0 fully saturated rings. The van der Waals surface area contributed by atoms with E-state index in [1.165, 1.54) is 24.3 Å². The van der Waals surface area contributed by atoms with Crippen molar-refractivity contribution in [3.63, 3.8) is 0 Å². The lowest BCUT2D eigenvalue weighted by atomic mass is 10.2. The molecule has 1 amide bonds. The number of sulfonamides is 1. The van der Waals surface area contributed by atoms with E-state index in [-0.39, 0.29) is 17.1 Å². The van der Waals surface area contributed by atoms with Crippen molar-refractivity contribution >= 4 is 38.5 Å². The number of rotatable bonds is 7. The van der Waals surface area contributed by atoms with Crippen molar-refractivity contribution < 1.29 is 22.7 Å². The topological polar surface area (TPSA) is 150 Å². The van der Waals surface area contributed by atoms with Crippen LogP contribution in [0.1, 0.15) is 16.2 Å². The Morgan fingerprint density at radius 1 is 1.17 bits per heavy atom. The van der Waals surface area contributed by atoms with Gasteiger partial charge in [0.05, 0.1) is 22.7 Å². The lowest BCUT2D eigenvalue weighted by molar-refractivity contribution is -0.118. The summed E-state index contributed by atoms with van der Waals surface area (Å²) < 4.78 is 31.3. The van der Waals surface area contributed by atoms with Crippen LogP contribution in [-0.4, -0.2) is 36.1 Å². The Morgan fingerprint density at radius 3 is 2.60 bits per heavy atom. The van der Waals surface area contributed by atoms with Gasteiger partial charge in [0, 0.05) is 5.69 Å². The van der Waals surface area contributed by atoms with Gasteiger partial charge in [-0.3, -0.25) is 18.9 Å². The molecule has 2 aromatic carbocycles. The van der Waals surface area contributed by atoms with E-state index < -0.39 is 40.6 Å². The van der Waals surface area contributed by atoms with Crippen LogP contribution in [0, 0.1) is 0 Å². The number of benzene rings is 2. The lowest BCUT2D eigenvalue weighted by Crippen LogP contribution is -2.32. The first-order valence-electron chi connectivity index (χ1n) is 8.66. The van der Waals surface area contributed by atoms with E-state index in [2.05, 4.69) is 9.71 Å². The zero-order valence-electron chi connectivity index (χ0n) is 15.9. The van der Waals surface area contributed by atoms with E-state index in [0.717, 1.165) is 10.8 Å². The highest BCUT2D eigenvalue weighted by Gasteiger charge is 2.16. The average Bonchev–Trinajstić information content (AvgIpc) is 2.67. The first-order chi connectivity index (χ1) is 14.1. The van der Waals surface area contributed by atoms with Crippen molar-refractivity contribution in [2.24, 2.45) is 5.73 Å². The molecule has 3 N–H and O–H groups in total. The van der Waals surface area contributed by atoms with Crippen molar-refractivity contribution in [2.75, 3.05) is 11.0 Å². The maximum atomic E-state index is 12.7. The minimum absolute atomic E-state index is 0.0521. The Morgan fingerprint density at radius 2 is 1.90 bits per heavy atom. The molecule has 0 atom stereocenters. The maximum absolute atomic E-state index is 12.7. The summed E-state index contributed by atoms with van der Waals surface area (Å²) in [5, 5.41) is 0.299. The number of anilines is 1. The smallest absolute Gasteiger partial charge is 0.338 e. The number of ether oxygens (including phenoxy) is 1. The highest BCUT2D eigenvalue weighted by Crippen LogP contribution is 2.14. The summed E-state index contributed by atoms with van der Waals surface area (Å²) in [5.74, 6) is -1.46. The third-order valence-electron chi connectivity index (χ3n) is 3.99. The monoisotopic (exact) mass is 430 g/mol. The van der Waals surface area contributed by atoms with E-state index in [1.807, 2.05) is 0 Å². The molecule has 0 spiro atoms.